The van der Waals surface area contributed by atoms with Crippen molar-refractivity contribution in [3.05, 3.63) is 58.6 Å². The number of benzene rings is 1. The lowest BCUT2D eigenvalue weighted by molar-refractivity contribution is 0.599. The second-order valence-corrected chi connectivity index (χ2v) is 4.01. The fraction of sp³-hybridized carbons (Fsp3) is 0.0909. The van der Waals surface area contributed by atoms with Gasteiger partial charge in [0, 0.05) is 29.0 Å². The minimum atomic E-state index is -0.173. The van der Waals surface area contributed by atoms with E-state index in [9.17, 15) is 4.39 Å². The highest BCUT2D eigenvalue weighted by Crippen LogP contribution is 2.16. The number of halogens is 2. The molecule has 0 amide bonds. The zero-order valence-electron chi connectivity index (χ0n) is 7.45. The van der Waals surface area contributed by atoms with Gasteiger partial charge in [0.25, 0.3) is 0 Å². The molecule has 1 aromatic carbocycles. The van der Waals surface area contributed by atoms with Crippen LogP contribution in [0.1, 0.15) is 5.56 Å². The Bertz CT molecular complexity index is 423. The summed E-state index contributed by atoms with van der Waals surface area (Å²) < 4.78 is 16.1. The molecule has 14 heavy (non-hydrogen) atoms. The Balaban J connectivity index is 2.25. The van der Waals surface area contributed by atoms with Gasteiger partial charge in [-0.05, 0) is 24.3 Å². The number of aromatic nitrogens is 1. The molecule has 2 aromatic rings. The van der Waals surface area contributed by atoms with Crippen molar-refractivity contribution >= 4 is 15.9 Å². The lowest BCUT2D eigenvalue weighted by Gasteiger charge is -2.04. The normalized spacial score (nSPS) is 10.4. The van der Waals surface area contributed by atoms with Crippen LogP contribution >= 0.6 is 15.9 Å². The first-order valence-corrected chi connectivity index (χ1v) is 5.10. The fourth-order valence-electron chi connectivity index (χ4n) is 1.32. The summed E-state index contributed by atoms with van der Waals surface area (Å²) in [5.74, 6) is -0.173. The zero-order valence-corrected chi connectivity index (χ0v) is 9.04. The predicted octanol–water partition coefficient (Wildman–Crippen LogP) is 3.44. The Kier molecular flexibility index (Phi) is 2.68. The topological polar surface area (TPSA) is 4.93 Å². The van der Waals surface area contributed by atoms with E-state index in [1.54, 1.807) is 6.07 Å². The SMILES string of the molecule is Fc1cc(Br)ccc1Cn1cccc1. The van der Waals surface area contributed by atoms with E-state index in [4.69, 9.17) is 0 Å². The van der Waals surface area contributed by atoms with E-state index in [-0.39, 0.29) is 5.82 Å². The van der Waals surface area contributed by atoms with Crippen LogP contribution < -0.4 is 0 Å². The van der Waals surface area contributed by atoms with Gasteiger partial charge in [0.15, 0.2) is 0 Å². The first-order chi connectivity index (χ1) is 6.75. The zero-order chi connectivity index (χ0) is 9.97. The van der Waals surface area contributed by atoms with Gasteiger partial charge in [0.1, 0.15) is 5.82 Å². The molecule has 0 saturated heterocycles. The molecule has 1 nitrogen and oxygen atoms in total. The van der Waals surface area contributed by atoms with Gasteiger partial charge < -0.3 is 4.57 Å². The largest absolute Gasteiger partial charge is 0.350 e. The van der Waals surface area contributed by atoms with Crippen molar-refractivity contribution in [3.63, 3.8) is 0 Å². The molecule has 1 heterocycles. The van der Waals surface area contributed by atoms with E-state index in [1.807, 2.05) is 35.2 Å². The summed E-state index contributed by atoms with van der Waals surface area (Å²) in [5, 5.41) is 0. The highest BCUT2D eigenvalue weighted by molar-refractivity contribution is 9.10. The van der Waals surface area contributed by atoms with Crippen molar-refractivity contribution in [2.45, 2.75) is 6.54 Å². The maximum Gasteiger partial charge on any atom is 0.129 e. The van der Waals surface area contributed by atoms with Gasteiger partial charge in [-0.2, -0.15) is 0 Å². The summed E-state index contributed by atoms with van der Waals surface area (Å²) in [6, 6.07) is 8.98. The van der Waals surface area contributed by atoms with Gasteiger partial charge in [0.05, 0.1) is 0 Å². The standard InChI is InChI=1S/C11H9BrFN/c12-10-4-3-9(11(13)7-10)8-14-5-1-2-6-14/h1-7H,8H2. The average Bonchev–Trinajstić information content (AvgIpc) is 2.62. The average molecular weight is 254 g/mol. The summed E-state index contributed by atoms with van der Waals surface area (Å²) in [4.78, 5) is 0. The minimum Gasteiger partial charge on any atom is -0.350 e. The Morgan fingerprint density at radius 2 is 1.93 bits per heavy atom. The summed E-state index contributed by atoms with van der Waals surface area (Å²) in [7, 11) is 0. The molecule has 2 rings (SSSR count). The number of hydrogen-bond donors (Lipinski definition) is 0. The Morgan fingerprint density at radius 3 is 2.57 bits per heavy atom. The Morgan fingerprint density at radius 1 is 1.21 bits per heavy atom. The van der Waals surface area contributed by atoms with Crippen molar-refractivity contribution in [3.8, 4) is 0 Å². The molecule has 0 aliphatic rings. The van der Waals surface area contributed by atoms with Crippen LogP contribution in [0.15, 0.2) is 47.2 Å². The van der Waals surface area contributed by atoms with Gasteiger partial charge in [-0.1, -0.05) is 22.0 Å². The maximum atomic E-state index is 13.4. The molecule has 0 aliphatic heterocycles. The van der Waals surface area contributed by atoms with Crippen molar-refractivity contribution in [2.75, 3.05) is 0 Å². The molecule has 0 radical (unpaired) electrons. The predicted molar refractivity (Wildman–Crippen MR) is 57.6 cm³/mol. The molecule has 0 fully saturated rings. The summed E-state index contributed by atoms with van der Waals surface area (Å²) in [5.41, 5.74) is 0.699. The molecule has 0 aliphatic carbocycles. The van der Waals surface area contributed by atoms with E-state index in [1.165, 1.54) is 6.07 Å². The Labute approximate surface area is 90.3 Å². The summed E-state index contributed by atoms with van der Waals surface area (Å²) in [6.45, 7) is 0.576. The molecule has 1 aromatic heterocycles. The van der Waals surface area contributed by atoms with Crippen LogP contribution in [-0.2, 0) is 6.54 Å². The molecule has 0 bridgehead atoms. The van der Waals surface area contributed by atoms with Gasteiger partial charge in [0.2, 0.25) is 0 Å². The molecule has 72 valence electrons. The van der Waals surface area contributed by atoms with Crippen molar-refractivity contribution in [1.82, 2.24) is 4.57 Å². The summed E-state index contributed by atoms with van der Waals surface area (Å²) in [6.07, 6.45) is 3.84. The third-order valence-electron chi connectivity index (χ3n) is 2.03. The highest BCUT2D eigenvalue weighted by Gasteiger charge is 2.02. The van der Waals surface area contributed by atoms with E-state index < -0.39 is 0 Å². The maximum absolute atomic E-state index is 13.4. The van der Waals surface area contributed by atoms with Gasteiger partial charge in [-0.25, -0.2) is 4.39 Å². The first kappa shape index (κ1) is 9.46. The van der Waals surface area contributed by atoms with Crippen molar-refractivity contribution in [2.24, 2.45) is 0 Å². The molecule has 0 spiro atoms. The third-order valence-corrected chi connectivity index (χ3v) is 2.53. The third kappa shape index (κ3) is 2.04. The monoisotopic (exact) mass is 253 g/mol. The molecular formula is C11H9BrFN. The van der Waals surface area contributed by atoms with Crippen molar-refractivity contribution < 1.29 is 4.39 Å². The lowest BCUT2D eigenvalue weighted by atomic mass is 10.2. The lowest BCUT2D eigenvalue weighted by Crippen LogP contribution is -1.98. The van der Waals surface area contributed by atoms with E-state index in [2.05, 4.69) is 15.9 Å². The fourth-order valence-corrected chi connectivity index (χ4v) is 1.66. The smallest absolute Gasteiger partial charge is 0.129 e. The molecule has 0 N–H and O–H groups in total. The second kappa shape index (κ2) is 3.96. The number of rotatable bonds is 2. The minimum absolute atomic E-state index is 0.173. The second-order valence-electron chi connectivity index (χ2n) is 3.09. The first-order valence-electron chi connectivity index (χ1n) is 4.30. The van der Waals surface area contributed by atoms with Crippen molar-refractivity contribution in [1.29, 1.82) is 0 Å². The van der Waals surface area contributed by atoms with Crippen LogP contribution in [-0.4, -0.2) is 4.57 Å². The highest BCUT2D eigenvalue weighted by atomic mass is 79.9. The van der Waals surface area contributed by atoms with E-state index in [0.717, 1.165) is 4.47 Å². The van der Waals surface area contributed by atoms with Crippen LogP contribution in [0.4, 0.5) is 4.39 Å². The molecular weight excluding hydrogens is 245 g/mol. The number of nitrogens with zero attached hydrogens (tertiary/aromatic N) is 1. The van der Waals surface area contributed by atoms with Gasteiger partial charge in [-0.3, -0.25) is 0 Å². The quantitative estimate of drug-likeness (QED) is 0.773. The van der Waals surface area contributed by atoms with Crippen LogP contribution in [0.2, 0.25) is 0 Å². The summed E-state index contributed by atoms with van der Waals surface area (Å²) >= 11 is 3.23. The number of hydrogen-bond acceptors (Lipinski definition) is 0. The van der Waals surface area contributed by atoms with Crippen LogP contribution in [0.25, 0.3) is 0 Å². The van der Waals surface area contributed by atoms with Crippen LogP contribution in [0, 0.1) is 5.82 Å². The molecule has 0 saturated carbocycles. The van der Waals surface area contributed by atoms with Crippen LogP contribution in [0.5, 0.6) is 0 Å². The van der Waals surface area contributed by atoms with Gasteiger partial charge >= 0.3 is 0 Å². The van der Waals surface area contributed by atoms with Crippen LogP contribution in [0.3, 0.4) is 0 Å². The molecule has 0 unspecified atom stereocenters. The van der Waals surface area contributed by atoms with Gasteiger partial charge in [-0.15, -0.1) is 0 Å². The van der Waals surface area contributed by atoms with E-state index >= 15 is 0 Å². The Hall–Kier alpha value is -1.09. The van der Waals surface area contributed by atoms with E-state index in [0.29, 0.717) is 12.1 Å². The molecule has 3 heteroatoms. The molecule has 0 atom stereocenters.